The first kappa shape index (κ1) is 37.0. The van der Waals surface area contributed by atoms with E-state index in [1.165, 1.54) is 0 Å². The van der Waals surface area contributed by atoms with Crippen molar-refractivity contribution in [1.82, 2.24) is 4.90 Å². The number of ketones is 1. The van der Waals surface area contributed by atoms with Crippen LogP contribution in [0.5, 0.6) is 11.5 Å². The number of phenols is 2. The van der Waals surface area contributed by atoms with Crippen molar-refractivity contribution >= 4 is 29.5 Å². The van der Waals surface area contributed by atoms with Gasteiger partial charge in [-0.15, -0.1) is 11.8 Å². The van der Waals surface area contributed by atoms with Crippen LogP contribution in [0.2, 0.25) is 0 Å². The molecule has 1 fully saturated rings. The van der Waals surface area contributed by atoms with Crippen molar-refractivity contribution in [3.05, 3.63) is 85.3 Å². The number of thioether (sulfide) groups is 1. The summed E-state index contributed by atoms with van der Waals surface area (Å²) in [7, 11) is 1.88. The molecule has 5 nitrogen and oxygen atoms in total. The third-order valence-corrected chi connectivity index (χ3v) is 11.7. The van der Waals surface area contributed by atoms with Gasteiger partial charge in [0.2, 0.25) is 5.91 Å². The van der Waals surface area contributed by atoms with Gasteiger partial charge in [0, 0.05) is 40.1 Å². The smallest absolute Gasteiger partial charge is 0.238 e. The molecule has 0 radical (unpaired) electrons. The standard InChI is InChI=1S/C43H57NO4S/c1-39(2,3)28-17-23(18-29(36(28)46)40(4,5)6)16-27-34(24-19-30(41(7,8)9)37(47)31(20-24)42(10,11)12)25-21-32-33(22-26(25)35(27)45)49-43(13,14)38(48)44(32)15/h16-20,22,32,34,46-47H,21H2,1-15H3. The van der Waals surface area contributed by atoms with Crippen LogP contribution in [0.15, 0.2) is 52.0 Å². The molecule has 1 aliphatic heterocycles. The quantitative estimate of drug-likeness (QED) is 0.308. The SMILES string of the molecule is CN1C(=O)C(C)(C)SC2=CC3=C(CC21)C(c1cc(C(C)(C)C)c(O)c(C(C)(C)C)c1)C(=Cc1cc(C(C)(C)C)c(O)c(C(C)(C)C)c1)C3=O. The van der Waals surface area contributed by atoms with Crippen LogP contribution in [0.1, 0.15) is 143 Å². The lowest BCUT2D eigenvalue weighted by Crippen LogP contribution is -2.52. The number of allylic oxidation sites excluding steroid dienone is 3. The molecule has 0 spiro atoms. The van der Waals surface area contributed by atoms with Gasteiger partial charge in [0.05, 0.1) is 10.8 Å². The Labute approximate surface area is 299 Å². The second kappa shape index (κ2) is 11.6. The number of phenolic OH excluding ortho intramolecular Hbond substituents is 2. The van der Waals surface area contributed by atoms with E-state index in [1.807, 2.05) is 50.1 Å². The minimum absolute atomic E-state index is 0.00528. The first-order valence-corrected chi connectivity index (χ1v) is 18.4. The lowest BCUT2D eigenvalue weighted by atomic mass is 9.74. The summed E-state index contributed by atoms with van der Waals surface area (Å²) in [6.45, 7) is 29.1. The predicted molar refractivity (Wildman–Crippen MR) is 205 cm³/mol. The largest absolute Gasteiger partial charge is 0.507 e. The molecule has 49 heavy (non-hydrogen) atoms. The van der Waals surface area contributed by atoms with E-state index in [1.54, 1.807) is 11.8 Å². The van der Waals surface area contributed by atoms with Crippen molar-refractivity contribution < 1.29 is 19.8 Å². The van der Waals surface area contributed by atoms with Gasteiger partial charge >= 0.3 is 0 Å². The monoisotopic (exact) mass is 683 g/mol. The second-order valence-corrected chi connectivity index (χ2v) is 20.7. The van der Waals surface area contributed by atoms with Crippen LogP contribution in [0.25, 0.3) is 6.08 Å². The zero-order valence-electron chi connectivity index (χ0n) is 32.4. The molecule has 0 saturated carbocycles. The lowest BCUT2D eigenvalue weighted by molar-refractivity contribution is -0.133. The number of aromatic hydroxyl groups is 2. The molecule has 1 saturated heterocycles. The molecule has 2 unspecified atom stereocenters. The topological polar surface area (TPSA) is 77.8 Å². The Kier molecular flexibility index (Phi) is 8.80. The molecule has 2 aromatic carbocycles. The molecule has 264 valence electrons. The van der Waals surface area contributed by atoms with Crippen molar-refractivity contribution in [2.75, 3.05) is 7.05 Å². The van der Waals surface area contributed by atoms with E-state index >= 15 is 0 Å². The van der Waals surface area contributed by atoms with Gasteiger partial charge in [-0.25, -0.2) is 0 Å². The highest BCUT2D eigenvalue weighted by molar-refractivity contribution is 8.05. The molecule has 0 bridgehead atoms. The summed E-state index contributed by atoms with van der Waals surface area (Å²) < 4.78 is -0.617. The van der Waals surface area contributed by atoms with Crippen LogP contribution >= 0.6 is 11.8 Å². The van der Waals surface area contributed by atoms with Crippen molar-refractivity contribution in [2.24, 2.45) is 0 Å². The fourth-order valence-corrected chi connectivity index (χ4v) is 8.97. The Balaban J connectivity index is 1.83. The van der Waals surface area contributed by atoms with Gasteiger partial charge in [0.25, 0.3) is 0 Å². The highest BCUT2D eigenvalue weighted by atomic mass is 32.2. The van der Waals surface area contributed by atoms with Gasteiger partial charge in [-0.3, -0.25) is 9.59 Å². The average molecular weight is 684 g/mol. The van der Waals surface area contributed by atoms with Crippen LogP contribution in [0.4, 0.5) is 0 Å². The van der Waals surface area contributed by atoms with Crippen molar-refractivity contribution in [1.29, 1.82) is 0 Å². The molecule has 6 heteroatoms. The Morgan fingerprint density at radius 3 is 1.61 bits per heavy atom. The number of amides is 1. The molecule has 2 aromatic rings. The van der Waals surface area contributed by atoms with Gasteiger partial charge in [0.15, 0.2) is 5.78 Å². The highest BCUT2D eigenvalue weighted by Crippen LogP contribution is 2.54. The minimum atomic E-state index is -0.617. The number of Topliss-reactive ketones (excluding diaryl/α,β-unsaturated/α-hetero) is 1. The van der Waals surface area contributed by atoms with Crippen LogP contribution in [0.3, 0.4) is 0 Å². The third kappa shape index (κ3) is 6.55. The number of rotatable bonds is 2. The van der Waals surface area contributed by atoms with Crippen molar-refractivity contribution in [2.45, 2.75) is 142 Å². The highest BCUT2D eigenvalue weighted by Gasteiger charge is 2.48. The molecule has 1 amide bonds. The van der Waals surface area contributed by atoms with E-state index in [0.717, 1.165) is 43.9 Å². The molecule has 0 aromatic heterocycles. The molecule has 2 atom stereocenters. The van der Waals surface area contributed by atoms with Gasteiger partial charge in [-0.1, -0.05) is 95.2 Å². The molecule has 1 heterocycles. The van der Waals surface area contributed by atoms with E-state index < -0.39 is 4.75 Å². The van der Waals surface area contributed by atoms with Crippen LogP contribution in [-0.2, 0) is 31.2 Å². The number of benzene rings is 2. The summed E-state index contributed by atoms with van der Waals surface area (Å²) in [5.41, 5.74) is 6.28. The molecular weight excluding hydrogens is 627 g/mol. The summed E-state index contributed by atoms with van der Waals surface area (Å²) in [4.78, 5) is 31.2. The van der Waals surface area contributed by atoms with Crippen molar-refractivity contribution in [3.63, 3.8) is 0 Å². The maximum Gasteiger partial charge on any atom is 0.238 e. The Morgan fingerprint density at radius 1 is 0.755 bits per heavy atom. The maximum atomic E-state index is 14.8. The number of nitrogens with zero attached hydrogens (tertiary/aromatic N) is 1. The lowest BCUT2D eigenvalue weighted by Gasteiger charge is -2.44. The second-order valence-electron chi connectivity index (χ2n) is 19.0. The van der Waals surface area contributed by atoms with Crippen LogP contribution in [0, 0.1) is 0 Å². The molecule has 2 aliphatic carbocycles. The fraction of sp³-hybridized carbons (Fsp3) is 0.535. The Hall–Kier alpha value is -3.25. The predicted octanol–water partition coefficient (Wildman–Crippen LogP) is 9.97. The third-order valence-electron chi connectivity index (χ3n) is 10.4. The maximum absolute atomic E-state index is 14.8. The number of carbonyl (C=O) groups is 2. The Bertz CT molecular complexity index is 1770. The van der Waals surface area contributed by atoms with Gasteiger partial charge < -0.3 is 15.1 Å². The van der Waals surface area contributed by atoms with Gasteiger partial charge in [-0.2, -0.15) is 0 Å². The number of hydrogen-bond acceptors (Lipinski definition) is 5. The first-order valence-electron chi connectivity index (χ1n) is 17.6. The van der Waals surface area contributed by atoms with Crippen molar-refractivity contribution in [3.8, 4) is 11.5 Å². The normalized spacial score (nSPS) is 22.5. The molecular formula is C43H57NO4S. The van der Waals surface area contributed by atoms with E-state index in [4.69, 9.17) is 0 Å². The van der Waals surface area contributed by atoms with Crippen LogP contribution in [-0.4, -0.2) is 44.6 Å². The summed E-state index contributed by atoms with van der Waals surface area (Å²) >= 11 is 1.57. The van der Waals surface area contributed by atoms with E-state index in [2.05, 4.69) is 95.2 Å². The molecule has 2 N–H and O–H groups in total. The molecule has 5 rings (SSSR count). The van der Waals surface area contributed by atoms with Crippen LogP contribution < -0.4 is 0 Å². The van der Waals surface area contributed by atoms with E-state index in [0.29, 0.717) is 29.1 Å². The first-order chi connectivity index (χ1) is 22.1. The summed E-state index contributed by atoms with van der Waals surface area (Å²) in [5, 5.41) is 23.1. The minimum Gasteiger partial charge on any atom is -0.507 e. The zero-order chi connectivity index (χ0) is 37.0. The number of carbonyl (C=O) groups excluding carboxylic acids is 2. The zero-order valence-corrected chi connectivity index (χ0v) is 33.2. The number of likely N-dealkylation sites (N-methyl/N-ethyl adjacent to an activating group) is 1. The fourth-order valence-electron chi connectivity index (χ4n) is 7.60. The number of hydrogen-bond donors (Lipinski definition) is 2. The van der Waals surface area contributed by atoms with Gasteiger partial charge in [-0.05, 0) is 94.0 Å². The average Bonchev–Trinajstić information content (AvgIpc) is 3.19. The molecule has 3 aliphatic rings. The number of fused-ring (bicyclic) bond motifs is 1. The Morgan fingerprint density at radius 2 is 1.18 bits per heavy atom. The summed E-state index contributed by atoms with van der Waals surface area (Å²) in [5.74, 6) is 0.325. The summed E-state index contributed by atoms with van der Waals surface area (Å²) in [6.07, 6.45) is 4.64. The van der Waals surface area contributed by atoms with E-state index in [-0.39, 0.29) is 45.3 Å². The van der Waals surface area contributed by atoms with Gasteiger partial charge in [0.1, 0.15) is 11.5 Å². The van der Waals surface area contributed by atoms with E-state index in [9.17, 15) is 19.8 Å². The summed E-state index contributed by atoms with van der Waals surface area (Å²) in [6, 6.07) is 8.10.